The lowest BCUT2D eigenvalue weighted by atomic mass is 10.2. The van der Waals surface area contributed by atoms with Crippen LogP contribution >= 0.6 is 16.1 Å². The molecule has 0 N–H and O–H groups in total. The van der Waals surface area contributed by atoms with Gasteiger partial charge >= 0.3 is 0 Å². The molecule has 0 aromatic heterocycles. The summed E-state index contributed by atoms with van der Waals surface area (Å²) in [5, 5.41) is 0. The Morgan fingerprint density at radius 2 is 2.18 bits per heavy atom. The van der Waals surface area contributed by atoms with E-state index >= 15 is 0 Å². The van der Waals surface area contributed by atoms with E-state index < -0.39 is 0 Å². The first kappa shape index (κ1) is 8.91. The fourth-order valence-corrected chi connectivity index (χ4v) is 1.54. The Bertz CT molecular complexity index is 136. The van der Waals surface area contributed by atoms with Crippen molar-refractivity contribution in [2.24, 2.45) is 0 Å². The van der Waals surface area contributed by atoms with Crippen molar-refractivity contribution in [3.63, 3.8) is 0 Å². The average Bonchev–Trinajstić information content (AvgIpc) is 2.37. The average molecular weight is 219 g/mol. The molecule has 0 amide bonds. The van der Waals surface area contributed by atoms with Gasteiger partial charge in [0.15, 0.2) is 0 Å². The van der Waals surface area contributed by atoms with Gasteiger partial charge in [0.2, 0.25) is 0 Å². The minimum Gasteiger partial charge on any atom is -0.358 e. The van der Waals surface area contributed by atoms with Gasteiger partial charge < -0.3 is 4.90 Å². The molecule has 0 bridgehead atoms. The lowest BCUT2D eigenvalue weighted by Crippen LogP contribution is -2.20. The summed E-state index contributed by atoms with van der Waals surface area (Å²) in [5.74, 6) is 0. The fourth-order valence-electron chi connectivity index (χ4n) is 1.14. The van der Waals surface area contributed by atoms with Gasteiger partial charge in [0.1, 0.15) is 6.67 Å². The maximum absolute atomic E-state index is 3.39. The standard InChI is InChI=1S/C8H15BrN2/c1-2-3-4-5-10-6-7-11(9)8-10/h6-7H,2-5,8H2,1H3. The Balaban J connectivity index is 2.05. The van der Waals surface area contributed by atoms with E-state index in [0.717, 1.165) is 6.67 Å². The third-order valence-electron chi connectivity index (χ3n) is 1.80. The first-order chi connectivity index (χ1) is 5.33. The van der Waals surface area contributed by atoms with Crippen LogP contribution in [-0.2, 0) is 0 Å². The lowest BCUT2D eigenvalue weighted by Gasteiger charge is -2.16. The smallest absolute Gasteiger partial charge is 0.100 e. The second-order valence-electron chi connectivity index (χ2n) is 2.86. The Labute approximate surface area is 77.2 Å². The molecule has 0 saturated carbocycles. The molecule has 11 heavy (non-hydrogen) atoms. The van der Waals surface area contributed by atoms with E-state index in [1.165, 1.54) is 25.8 Å². The molecule has 0 aliphatic carbocycles. The van der Waals surface area contributed by atoms with E-state index in [4.69, 9.17) is 0 Å². The molecule has 0 radical (unpaired) electrons. The van der Waals surface area contributed by atoms with Crippen molar-refractivity contribution in [3.8, 4) is 0 Å². The van der Waals surface area contributed by atoms with Crippen LogP contribution in [0.5, 0.6) is 0 Å². The molecule has 0 atom stereocenters. The number of unbranched alkanes of at least 4 members (excludes halogenated alkanes) is 2. The normalized spacial score (nSPS) is 16.5. The van der Waals surface area contributed by atoms with Crippen LogP contribution in [0.3, 0.4) is 0 Å². The highest BCUT2D eigenvalue weighted by molar-refractivity contribution is 9.07. The molecule has 64 valence electrons. The number of hydrogen-bond acceptors (Lipinski definition) is 2. The Hall–Kier alpha value is -0.180. The predicted octanol–water partition coefficient (Wildman–Crippen LogP) is 2.53. The molecule has 2 nitrogen and oxygen atoms in total. The summed E-state index contributed by atoms with van der Waals surface area (Å²) in [6.07, 6.45) is 8.13. The highest BCUT2D eigenvalue weighted by atomic mass is 79.9. The summed E-state index contributed by atoms with van der Waals surface area (Å²) in [5.41, 5.74) is 0. The molecule has 0 aromatic carbocycles. The SMILES string of the molecule is CCCCCN1C=CN(Br)C1. The van der Waals surface area contributed by atoms with Crippen molar-refractivity contribution in [2.45, 2.75) is 26.2 Å². The molecule has 1 aliphatic heterocycles. The lowest BCUT2D eigenvalue weighted by molar-refractivity contribution is 0.342. The third-order valence-corrected chi connectivity index (χ3v) is 2.27. The summed E-state index contributed by atoms with van der Waals surface area (Å²) in [6, 6.07) is 0. The number of halogens is 1. The molecule has 0 fully saturated rings. The Kier molecular flexibility index (Phi) is 3.77. The summed E-state index contributed by atoms with van der Waals surface area (Å²) >= 11 is 3.39. The van der Waals surface area contributed by atoms with E-state index in [1.54, 1.807) is 0 Å². The van der Waals surface area contributed by atoms with Crippen LogP contribution in [-0.4, -0.2) is 22.0 Å². The van der Waals surface area contributed by atoms with Gasteiger partial charge in [0.05, 0.1) is 16.1 Å². The Morgan fingerprint density at radius 3 is 2.73 bits per heavy atom. The van der Waals surface area contributed by atoms with Gasteiger partial charge in [-0.1, -0.05) is 19.8 Å². The second kappa shape index (κ2) is 4.65. The van der Waals surface area contributed by atoms with E-state index in [9.17, 15) is 0 Å². The number of rotatable bonds is 4. The molecule has 0 saturated heterocycles. The summed E-state index contributed by atoms with van der Waals surface area (Å²) < 4.78 is 2.01. The molecule has 0 spiro atoms. The molecular weight excluding hydrogens is 204 g/mol. The van der Waals surface area contributed by atoms with Gasteiger partial charge in [-0.05, 0) is 6.42 Å². The van der Waals surface area contributed by atoms with Crippen molar-refractivity contribution in [1.29, 1.82) is 0 Å². The highest BCUT2D eigenvalue weighted by Gasteiger charge is 2.07. The highest BCUT2D eigenvalue weighted by Crippen LogP contribution is 2.11. The van der Waals surface area contributed by atoms with Crippen LogP contribution in [0, 0.1) is 0 Å². The monoisotopic (exact) mass is 218 g/mol. The zero-order chi connectivity index (χ0) is 8.10. The largest absolute Gasteiger partial charge is 0.358 e. The van der Waals surface area contributed by atoms with Crippen molar-refractivity contribution in [3.05, 3.63) is 12.4 Å². The third kappa shape index (κ3) is 3.14. The minimum absolute atomic E-state index is 0.990. The van der Waals surface area contributed by atoms with Gasteiger partial charge in [-0.15, -0.1) is 0 Å². The molecule has 1 rings (SSSR count). The van der Waals surface area contributed by atoms with Crippen molar-refractivity contribution in [1.82, 2.24) is 8.83 Å². The van der Waals surface area contributed by atoms with Crippen LogP contribution in [0.25, 0.3) is 0 Å². The molecule has 3 heteroatoms. The van der Waals surface area contributed by atoms with E-state index in [-0.39, 0.29) is 0 Å². The first-order valence-corrected chi connectivity index (χ1v) is 4.88. The number of hydrogen-bond donors (Lipinski definition) is 0. The maximum atomic E-state index is 3.39. The fraction of sp³-hybridized carbons (Fsp3) is 0.750. The van der Waals surface area contributed by atoms with Crippen molar-refractivity contribution in [2.75, 3.05) is 13.2 Å². The van der Waals surface area contributed by atoms with Crippen LogP contribution < -0.4 is 0 Å². The van der Waals surface area contributed by atoms with Crippen LogP contribution in [0.2, 0.25) is 0 Å². The molecule has 1 aliphatic rings. The van der Waals surface area contributed by atoms with Crippen molar-refractivity contribution >= 4 is 16.1 Å². The zero-order valence-corrected chi connectivity index (χ0v) is 8.55. The minimum atomic E-state index is 0.990. The molecular formula is C8H15BrN2. The summed E-state index contributed by atoms with van der Waals surface area (Å²) in [4.78, 5) is 2.31. The molecule has 0 aromatic rings. The van der Waals surface area contributed by atoms with Gasteiger partial charge in [-0.3, -0.25) is 3.93 Å². The maximum Gasteiger partial charge on any atom is 0.100 e. The molecule has 1 heterocycles. The predicted molar refractivity (Wildman–Crippen MR) is 51.0 cm³/mol. The van der Waals surface area contributed by atoms with Gasteiger partial charge in [-0.25, -0.2) is 0 Å². The van der Waals surface area contributed by atoms with Gasteiger partial charge in [0, 0.05) is 18.9 Å². The van der Waals surface area contributed by atoms with Crippen LogP contribution in [0.4, 0.5) is 0 Å². The summed E-state index contributed by atoms with van der Waals surface area (Å²) in [7, 11) is 0. The van der Waals surface area contributed by atoms with Crippen LogP contribution in [0.1, 0.15) is 26.2 Å². The van der Waals surface area contributed by atoms with E-state index in [0.29, 0.717) is 0 Å². The zero-order valence-electron chi connectivity index (χ0n) is 6.96. The van der Waals surface area contributed by atoms with Gasteiger partial charge in [-0.2, -0.15) is 0 Å². The molecule has 0 unspecified atom stereocenters. The topological polar surface area (TPSA) is 6.48 Å². The van der Waals surface area contributed by atoms with Gasteiger partial charge in [0.25, 0.3) is 0 Å². The number of nitrogens with zero attached hydrogens (tertiary/aromatic N) is 2. The van der Waals surface area contributed by atoms with Crippen LogP contribution in [0.15, 0.2) is 12.4 Å². The Morgan fingerprint density at radius 1 is 1.36 bits per heavy atom. The van der Waals surface area contributed by atoms with E-state index in [1.807, 2.05) is 10.1 Å². The summed E-state index contributed by atoms with van der Waals surface area (Å²) in [6.45, 7) is 4.41. The van der Waals surface area contributed by atoms with E-state index in [2.05, 4.69) is 34.2 Å². The second-order valence-corrected chi connectivity index (χ2v) is 3.77. The first-order valence-electron chi connectivity index (χ1n) is 4.17. The van der Waals surface area contributed by atoms with Crippen molar-refractivity contribution < 1.29 is 0 Å². The quantitative estimate of drug-likeness (QED) is 0.529.